The fourth-order valence-corrected chi connectivity index (χ4v) is 4.23. The lowest BCUT2D eigenvalue weighted by atomic mass is 10.1. The van der Waals surface area contributed by atoms with Gasteiger partial charge in [0.1, 0.15) is 12.4 Å². The Morgan fingerprint density at radius 2 is 1.58 bits per heavy atom. The predicted octanol–water partition coefficient (Wildman–Crippen LogP) is 5.14. The largest absolute Gasteiger partial charge is 0.493 e. The number of hydrogen-bond acceptors (Lipinski definition) is 5. The van der Waals surface area contributed by atoms with E-state index in [-0.39, 0.29) is 12.5 Å². The molecule has 0 radical (unpaired) electrons. The van der Waals surface area contributed by atoms with Gasteiger partial charge in [-0.15, -0.1) is 0 Å². The van der Waals surface area contributed by atoms with Crippen LogP contribution in [0.15, 0.2) is 78.9 Å². The Morgan fingerprint density at radius 1 is 0.861 bits per heavy atom. The Kier molecular flexibility index (Phi) is 9.00. The summed E-state index contributed by atoms with van der Waals surface area (Å²) in [5.41, 5.74) is 2.68. The van der Waals surface area contributed by atoms with E-state index in [0.29, 0.717) is 36.8 Å². The summed E-state index contributed by atoms with van der Waals surface area (Å²) in [4.78, 5) is 17.6. The lowest BCUT2D eigenvalue weighted by Crippen LogP contribution is -2.48. The van der Waals surface area contributed by atoms with Crippen molar-refractivity contribution in [3.8, 4) is 17.2 Å². The zero-order valence-corrected chi connectivity index (χ0v) is 21.1. The van der Waals surface area contributed by atoms with Crippen LogP contribution in [-0.4, -0.2) is 62.1 Å². The number of ether oxygens (including phenoxy) is 3. The molecule has 1 heterocycles. The molecule has 1 aliphatic heterocycles. The number of amides is 1. The van der Waals surface area contributed by atoms with Crippen LogP contribution in [-0.2, 0) is 6.61 Å². The highest BCUT2D eigenvalue weighted by Gasteiger charge is 2.22. The molecule has 188 valence electrons. The number of carbonyl (C=O) groups is 1. The summed E-state index contributed by atoms with van der Waals surface area (Å²) in [5, 5.41) is 0. The van der Waals surface area contributed by atoms with Gasteiger partial charge in [0.25, 0.3) is 5.91 Å². The van der Waals surface area contributed by atoms with Gasteiger partial charge >= 0.3 is 0 Å². The van der Waals surface area contributed by atoms with Crippen molar-refractivity contribution >= 4 is 12.0 Å². The number of para-hydroxylation sites is 2. The maximum Gasteiger partial charge on any atom is 0.253 e. The molecule has 0 bridgehead atoms. The SMILES string of the molecule is CCOc1ccc(C(=O)N2CCN(C/C=C/c3ccccc3)CC2)cc1COc1ccccc1OC. The molecule has 0 atom stereocenters. The summed E-state index contributed by atoms with van der Waals surface area (Å²) < 4.78 is 17.2. The minimum absolute atomic E-state index is 0.0380. The van der Waals surface area contributed by atoms with Gasteiger partial charge in [-0.3, -0.25) is 9.69 Å². The number of carbonyl (C=O) groups excluding carboxylic acids is 1. The Labute approximate surface area is 213 Å². The highest BCUT2D eigenvalue weighted by molar-refractivity contribution is 5.94. The van der Waals surface area contributed by atoms with Crippen molar-refractivity contribution in [1.82, 2.24) is 9.80 Å². The molecular weight excluding hydrogens is 452 g/mol. The van der Waals surface area contributed by atoms with Gasteiger partial charge < -0.3 is 19.1 Å². The van der Waals surface area contributed by atoms with Gasteiger partial charge in [-0.05, 0) is 42.8 Å². The number of piperazine rings is 1. The van der Waals surface area contributed by atoms with E-state index in [0.717, 1.165) is 30.9 Å². The number of benzene rings is 3. The Bertz CT molecular complexity index is 1150. The second-order valence-electron chi connectivity index (χ2n) is 8.60. The van der Waals surface area contributed by atoms with E-state index in [2.05, 4.69) is 29.2 Å². The Hall–Kier alpha value is -3.77. The van der Waals surface area contributed by atoms with Crippen LogP contribution in [0.2, 0.25) is 0 Å². The fourth-order valence-electron chi connectivity index (χ4n) is 4.23. The van der Waals surface area contributed by atoms with Crippen LogP contribution in [0, 0.1) is 0 Å². The molecule has 36 heavy (non-hydrogen) atoms. The lowest BCUT2D eigenvalue weighted by molar-refractivity contribution is 0.0650. The topological polar surface area (TPSA) is 51.2 Å². The molecule has 1 aliphatic rings. The molecule has 6 heteroatoms. The van der Waals surface area contributed by atoms with E-state index >= 15 is 0 Å². The number of nitrogens with zero attached hydrogens (tertiary/aromatic N) is 2. The molecule has 1 fully saturated rings. The quantitative estimate of drug-likeness (QED) is 0.397. The van der Waals surface area contributed by atoms with Gasteiger partial charge in [0.05, 0.1) is 13.7 Å². The van der Waals surface area contributed by atoms with Crippen LogP contribution in [0.3, 0.4) is 0 Å². The van der Waals surface area contributed by atoms with Crippen molar-refractivity contribution in [2.24, 2.45) is 0 Å². The molecule has 4 rings (SSSR count). The first-order valence-corrected chi connectivity index (χ1v) is 12.4. The van der Waals surface area contributed by atoms with Crippen LogP contribution >= 0.6 is 0 Å². The lowest BCUT2D eigenvalue weighted by Gasteiger charge is -2.34. The van der Waals surface area contributed by atoms with Gasteiger partial charge in [-0.25, -0.2) is 0 Å². The van der Waals surface area contributed by atoms with Crippen molar-refractivity contribution in [2.45, 2.75) is 13.5 Å². The monoisotopic (exact) mass is 486 g/mol. The third kappa shape index (κ3) is 6.67. The van der Waals surface area contributed by atoms with Crippen LogP contribution in [0.25, 0.3) is 6.08 Å². The van der Waals surface area contributed by atoms with E-state index in [4.69, 9.17) is 14.2 Å². The summed E-state index contributed by atoms with van der Waals surface area (Å²) in [7, 11) is 1.62. The molecule has 3 aromatic rings. The summed E-state index contributed by atoms with van der Waals surface area (Å²) >= 11 is 0. The minimum Gasteiger partial charge on any atom is -0.493 e. The first-order chi connectivity index (χ1) is 17.7. The predicted molar refractivity (Wildman–Crippen MR) is 143 cm³/mol. The van der Waals surface area contributed by atoms with E-state index in [1.807, 2.05) is 72.5 Å². The van der Waals surface area contributed by atoms with Gasteiger partial charge in [0, 0.05) is 43.9 Å². The van der Waals surface area contributed by atoms with E-state index in [9.17, 15) is 4.79 Å². The second kappa shape index (κ2) is 12.8. The molecule has 0 aromatic heterocycles. The number of methoxy groups -OCH3 is 1. The standard InChI is InChI=1S/C30H34N2O4/c1-3-35-27-16-15-25(22-26(27)23-36-29-14-8-7-13-28(29)34-2)30(33)32-20-18-31(19-21-32)17-9-12-24-10-5-4-6-11-24/h4-16,22H,3,17-21,23H2,1-2H3/b12-9+. The van der Waals surface area contributed by atoms with Gasteiger partial charge in [0.15, 0.2) is 11.5 Å². The van der Waals surface area contributed by atoms with Crippen LogP contribution in [0.4, 0.5) is 0 Å². The molecule has 1 amide bonds. The third-order valence-electron chi connectivity index (χ3n) is 6.19. The van der Waals surface area contributed by atoms with E-state index in [1.54, 1.807) is 7.11 Å². The van der Waals surface area contributed by atoms with Crippen molar-refractivity contribution in [2.75, 3.05) is 46.4 Å². The number of hydrogen-bond donors (Lipinski definition) is 0. The summed E-state index contributed by atoms with van der Waals surface area (Å²) in [6.45, 7) is 6.75. The fraction of sp³-hybridized carbons (Fsp3) is 0.300. The molecule has 0 spiro atoms. The Morgan fingerprint density at radius 3 is 2.31 bits per heavy atom. The summed E-state index contributed by atoms with van der Waals surface area (Å²) in [6, 6.07) is 23.4. The highest BCUT2D eigenvalue weighted by atomic mass is 16.5. The summed E-state index contributed by atoms with van der Waals surface area (Å²) in [5.74, 6) is 2.07. The first-order valence-electron chi connectivity index (χ1n) is 12.4. The molecule has 0 saturated carbocycles. The smallest absolute Gasteiger partial charge is 0.253 e. The molecule has 6 nitrogen and oxygen atoms in total. The average molecular weight is 487 g/mol. The van der Waals surface area contributed by atoms with Crippen molar-refractivity contribution in [3.05, 3.63) is 95.6 Å². The molecule has 0 N–H and O–H groups in total. The molecule has 0 unspecified atom stereocenters. The normalized spacial score (nSPS) is 14.1. The van der Waals surface area contributed by atoms with Crippen LogP contribution in [0.5, 0.6) is 17.2 Å². The van der Waals surface area contributed by atoms with Crippen molar-refractivity contribution in [3.63, 3.8) is 0 Å². The molecule has 0 aliphatic carbocycles. The van der Waals surface area contributed by atoms with Gasteiger partial charge in [-0.1, -0.05) is 54.6 Å². The van der Waals surface area contributed by atoms with Crippen molar-refractivity contribution < 1.29 is 19.0 Å². The van der Waals surface area contributed by atoms with Gasteiger partial charge in [0.2, 0.25) is 0 Å². The highest BCUT2D eigenvalue weighted by Crippen LogP contribution is 2.29. The van der Waals surface area contributed by atoms with Crippen molar-refractivity contribution in [1.29, 1.82) is 0 Å². The van der Waals surface area contributed by atoms with Crippen LogP contribution < -0.4 is 14.2 Å². The number of rotatable bonds is 10. The Balaban J connectivity index is 1.36. The van der Waals surface area contributed by atoms with E-state index < -0.39 is 0 Å². The maximum absolute atomic E-state index is 13.3. The van der Waals surface area contributed by atoms with E-state index in [1.165, 1.54) is 5.56 Å². The molecular formula is C30H34N2O4. The minimum atomic E-state index is 0.0380. The zero-order valence-electron chi connectivity index (χ0n) is 21.1. The average Bonchev–Trinajstić information content (AvgIpc) is 2.93. The summed E-state index contributed by atoms with van der Waals surface area (Å²) in [6.07, 6.45) is 4.33. The zero-order chi connectivity index (χ0) is 25.2. The molecule has 1 saturated heterocycles. The maximum atomic E-state index is 13.3. The third-order valence-corrected chi connectivity index (χ3v) is 6.19. The van der Waals surface area contributed by atoms with Crippen LogP contribution in [0.1, 0.15) is 28.4 Å². The van der Waals surface area contributed by atoms with Gasteiger partial charge in [-0.2, -0.15) is 0 Å². The molecule has 3 aromatic carbocycles. The second-order valence-corrected chi connectivity index (χ2v) is 8.60. The first kappa shape index (κ1) is 25.3.